The Labute approximate surface area is 116 Å². The Morgan fingerprint density at radius 3 is 1.71 bits per heavy atom. The highest BCUT2D eigenvalue weighted by Gasteiger charge is 2.75. The summed E-state index contributed by atoms with van der Waals surface area (Å²) >= 11 is 0. The Hall–Kier alpha value is -1.04. The Balaban J connectivity index is 5.89. The molecule has 0 N–H and O–H groups in total. The zero-order valence-corrected chi connectivity index (χ0v) is 11.5. The second kappa shape index (κ2) is 5.99. The van der Waals surface area contributed by atoms with Gasteiger partial charge in [0.2, 0.25) is 0 Å². The second-order valence-corrected chi connectivity index (χ2v) is 6.00. The molecule has 0 unspecified atom stereocenters. The Morgan fingerprint density at radius 2 is 1.48 bits per heavy atom. The lowest BCUT2D eigenvalue weighted by atomic mass is 10.0. The van der Waals surface area contributed by atoms with Crippen LogP contribution in [0.4, 0.5) is 26.3 Å². The number of alkyl halides is 6. The first-order valence-electron chi connectivity index (χ1n) is 5.30. The third-order valence-electron chi connectivity index (χ3n) is 2.16. The number of hydrogen-bond donors (Lipinski definition) is 0. The maximum Gasteiger partial charge on any atom is 0.438 e. The van der Waals surface area contributed by atoms with Crippen molar-refractivity contribution in [3.05, 3.63) is 0 Å². The van der Waals surface area contributed by atoms with Gasteiger partial charge in [-0.3, -0.25) is 4.79 Å². The molecular weight excluding hydrogens is 334 g/mol. The number of hydrogen-bond acceptors (Lipinski definition) is 5. The summed E-state index contributed by atoms with van der Waals surface area (Å²) in [6.07, 6.45) is -13.5. The van der Waals surface area contributed by atoms with Crippen LogP contribution in [0.15, 0.2) is 0 Å². The second-order valence-electron chi connectivity index (χ2n) is 4.60. The van der Waals surface area contributed by atoms with Crippen LogP contribution in [-0.4, -0.2) is 42.6 Å². The highest BCUT2D eigenvalue weighted by atomic mass is 32.2. The summed E-state index contributed by atoms with van der Waals surface area (Å²) < 4.78 is 111. The van der Waals surface area contributed by atoms with Crippen molar-refractivity contribution in [2.45, 2.75) is 38.2 Å². The van der Waals surface area contributed by atoms with E-state index in [4.69, 9.17) is 0 Å². The smallest absolute Gasteiger partial charge is 0.438 e. The third kappa shape index (κ3) is 5.34. The quantitative estimate of drug-likeness (QED) is 0.432. The van der Waals surface area contributed by atoms with Gasteiger partial charge < -0.3 is 9.29 Å². The average Bonchev–Trinajstić information content (AvgIpc) is 2.08. The molecule has 5 nitrogen and oxygen atoms in total. The highest BCUT2D eigenvalue weighted by Crippen LogP contribution is 2.47. The molecule has 0 aromatic carbocycles. The zero-order chi connectivity index (χ0) is 17.3. The van der Waals surface area contributed by atoms with Crippen LogP contribution in [0.2, 0.25) is 0 Å². The topological polar surface area (TPSA) is 83.5 Å². The van der Waals surface area contributed by atoms with Crippen molar-refractivity contribution in [2.24, 2.45) is 5.92 Å². The van der Waals surface area contributed by atoms with Crippen molar-refractivity contribution in [2.75, 3.05) is 5.75 Å². The first kappa shape index (κ1) is 20.0. The molecular formula is C9H11F6O5S-. The summed E-state index contributed by atoms with van der Waals surface area (Å²) in [5.74, 6) is -5.53. The standard InChI is InChI=1S/C9H12F6O5S/c1-5(2)3-6(16)20-7(8(10,11)12,9(13,14)15)4-21(17,18)19/h5H,3-4H2,1-2H3,(H,17,18,19)/p-1. The Kier molecular flexibility index (Phi) is 5.69. The normalized spacial score (nSPS) is 14.4. The van der Waals surface area contributed by atoms with Gasteiger partial charge in [-0.05, 0) is 5.92 Å². The van der Waals surface area contributed by atoms with E-state index in [2.05, 4.69) is 4.74 Å². The maximum atomic E-state index is 12.7. The molecule has 0 aliphatic carbocycles. The van der Waals surface area contributed by atoms with Crippen molar-refractivity contribution in [3.8, 4) is 0 Å². The van der Waals surface area contributed by atoms with Crippen molar-refractivity contribution in [1.29, 1.82) is 0 Å². The van der Waals surface area contributed by atoms with Crippen molar-refractivity contribution >= 4 is 16.1 Å². The molecule has 0 saturated carbocycles. The van der Waals surface area contributed by atoms with E-state index in [0.29, 0.717) is 0 Å². The van der Waals surface area contributed by atoms with Gasteiger partial charge in [-0.2, -0.15) is 26.3 Å². The van der Waals surface area contributed by atoms with Crippen LogP contribution in [0.25, 0.3) is 0 Å². The predicted molar refractivity (Wildman–Crippen MR) is 55.0 cm³/mol. The minimum absolute atomic E-state index is 0.638. The van der Waals surface area contributed by atoms with Gasteiger partial charge in [0.05, 0.1) is 15.9 Å². The van der Waals surface area contributed by atoms with Gasteiger partial charge in [0.15, 0.2) is 0 Å². The van der Waals surface area contributed by atoms with Crippen LogP contribution in [-0.2, 0) is 19.6 Å². The summed E-state index contributed by atoms with van der Waals surface area (Å²) in [5, 5.41) is 0. The van der Waals surface area contributed by atoms with E-state index in [1.807, 2.05) is 0 Å². The molecule has 0 fully saturated rings. The molecule has 0 spiro atoms. The number of carbonyl (C=O) groups excluding carboxylic acids is 1. The largest absolute Gasteiger partial charge is 0.748 e. The molecule has 126 valence electrons. The minimum atomic E-state index is -6.32. The lowest BCUT2D eigenvalue weighted by molar-refractivity contribution is -0.361. The molecule has 0 amide bonds. The van der Waals surface area contributed by atoms with Crippen molar-refractivity contribution < 1.29 is 48.8 Å². The van der Waals surface area contributed by atoms with Crippen LogP contribution in [0.3, 0.4) is 0 Å². The van der Waals surface area contributed by atoms with Crippen molar-refractivity contribution in [1.82, 2.24) is 0 Å². The van der Waals surface area contributed by atoms with Gasteiger partial charge in [0, 0.05) is 6.42 Å². The molecule has 21 heavy (non-hydrogen) atoms. The van der Waals surface area contributed by atoms with E-state index < -0.39 is 52.1 Å². The number of rotatable bonds is 5. The monoisotopic (exact) mass is 345 g/mol. The van der Waals surface area contributed by atoms with E-state index in [9.17, 15) is 44.1 Å². The molecule has 0 rings (SSSR count). The molecule has 0 aromatic heterocycles. The molecule has 12 heteroatoms. The number of halogens is 6. The van der Waals surface area contributed by atoms with Gasteiger partial charge in [0.25, 0.3) is 0 Å². The lowest BCUT2D eigenvalue weighted by Crippen LogP contribution is -2.63. The van der Waals surface area contributed by atoms with Gasteiger partial charge >= 0.3 is 23.9 Å². The van der Waals surface area contributed by atoms with Crippen molar-refractivity contribution in [3.63, 3.8) is 0 Å². The van der Waals surface area contributed by atoms with Gasteiger partial charge in [-0.1, -0.05) is 13.8 Å². The number of carbonyl (C=O) groups is 1. The summed E-state index contributed by atoms with van der Waals surface area (Å²) in [6.45, 7) is 2.63. The zero-order valence-electron chi connectivity index (χ0n) is 10.7. The fourth-order valence-corrected chi connectivity index (χ4v) is 2.17. The van der Waals surface area contributed by atoms with Gasteiger partial charge in [-0.15, -0.1) is 0 Å². The van der Waals surface area contributed by atoms with Crippen LogP contribution >= 0.6 is 0 Å². The molecule has 0 atom stereocenters. The van der Waals surface area contributed by atoms with E-state index in [1.54, 1.807) is 0 Å². The predicted octanol–water partition coefficient (Wildman–Crippen LogP) is 1.98. The molecule has 0 saturated heterocycles. The van der Waals surface area contributed by atoms with Crippen LogP contribution in [0.1, 0.15) is 20.3 Å². The van der Waals surface area contributed by atoms with Crippen LogP contribution < -0.4 is 0 Å². The summed E-state index contributed by atoms with van der Waals surface area (Å²) in [5.41, 5.74) is -5.38. The fourth-order valence-electron chi connectivity index (χ4n) is 1.29. The number of ether oxygens (including phenoxy) is 1. The fraction of sp³-hybridized carbons (Fsp3) is 0.889. The molecule has 0 aliphatic rings. The maximum absolute atomic E-state index is 12.7. The lowest BCUT2D eigenvalue weighted by Gasteiger charge is -2.37. The van der Waals surface area contributed by atoms with Crippen LogP contribution in [0, 0.1) is 5.92 Å². The first-order valence-corrected chi connectivity index (χ1v) is 6.88. The average molecular weight is 345 g/mol. The van der Waals surface area contributed by atoms with Gasteiger partial charge in [-0.25, -0.2) is 8.42 Å². The van der Waals surface area contributed by atoms with Gasteiger partial charge in [0.1, 0.15) is 0 Å². The SMILES string of the molecule is CC(C)CC(=O)OC(CS(=O)(=O)[O-])(C(F)(F)F)C(F)(F)F. The molecule has 0 aromatic rings. The first-order chi connectivity index (χ1) is 9.02. The van der Waals surface area contributed by atoms with E-state index >= 15 is 0 Å². The summed E-state index contributed by atoms with van der Waals surface area (Å²) in [6, 6.07) is 0. The van der Waals surface area contributed by atoms with E-state index in [1.165, 1.54) is 13.8 Å². The molecule has 0 heterocycles. The number of esters is 1. The molecule has 0 aliphatic heterocycles. The summed E-state index contributed by atoms with van der Waals surface area (Å²) in [4.78, 5) is 11.1. The van der Waals surface area contributed by atoms with Crippen LogP contribution in [0.5, 0.6) is 0 Å². The molecule has 0 bridgehead atoms. The van der Waals surface area contributed by atoms with E-state index in [0.717, 1.165) is 0 Å². The summed E-state index contributed by atoms with van der Waals surface area (Å²) in [7, 11) is -5.99. The Bertz CT molecular complexity index is 464. The Morgan fingerprint density at radius 1 is 1.10 bits per heavy atom. The molecule has 0 radical (unpaired) electrons. The highest BCUT2D eigenvalue weighted by molar-refractivity contribution is 7.85. The minimum Gasteiger partial charge on any atom is -0.748 e. The third-order valence-corrected chi connectivity index (χ3v) is 2.92. The van der Waals surface area contributed by atoms with E-state index in [-0.39, 0.29) is 0 Å².